The molecule has 3 saturated heterocycles. The molecule has 3 amide bonds. The third-order valence-corrected chi connectivity index (χ3v) is 8.48. The van der Waals surface area contributed by atoms with Crippen LogP contribution in [0.4, 0.5) is 5.13 Å². The van der Waals surface area contributed by atoms with Gasteiger partial charge in [0.2, 0.25) is 11.8 Å². The van der Waals surface area contributed by atoms with Crippen LogP contribution in [0.25, 0.3) is 10.2 Å². The number of aromatic nitrogens is 1. The van der Waals surface area contributed by atoms with Crippen LogP contribution in [0.15, 0.2) is 18.2 Å². The van der Waals surface area contributed by atoms with Crippen LogP contribution in [-0.2, 0) is 23.8 Å². The first kappa shape index (κ1) is 22.4. The zero-order chi connectivity index (χ0) is 23.4. The quantitative estimate of drug-likeness (QED) is 0.462. The third kappa shape index (κ3) is 3.15. The number of rotatable bonds is 8. The Kier molecular flexibility index (Phi) is 5.51. The van der Waals surface area contributed by atoms with Gasteiger partial charge < -0.3 is 19.5 Å². The molecule has 176 valence electrons. The molecule has 10 heteroatoms. The summed E-state index contributed by atoms with van der Waals surface area (Å²) < 4.78 is 17.0. The number of anilines is 1. The second-order valence-corrected chi connectivity index (χ2v) is 10.1. The fourth-order valence-corrected chi connectivity index (χ4v) is 6.34. The molecular formula is C23H27N3O6S. The molecule has 3 fully saturated rings. The zero-order valence-electron chi connectivity index (χ0n) is 18.9. The van der Waals surface area contributed by atoms with Crippen molar-refractivity contribution in [1.82, 2.24) is 10.3 Å². The Balaban J connectivity index is 1.34. The Bertz CT molecular complexity index is 1100. The zero-order valence-corrected chi connectivity index (χ0v) is 19.7. The number of carbonyl (C=O) groups is 3. The van der Waals surface area contributed by atoms with E-state index in [0.29, 0.717) is 42.6 Å². The van der Waals surface area contributed by atoms with Gasteiger partial charge in [-0.2, -0.15) is 0 Å². The van der Waals surface area contributed by atoms with E-state index < -0.39 is 10.8 Å². The van der Waals surface area contributed by atoms with E-state index in [-0.39, 0.29) is 29.9 Å². The maximum absolute atomic E-state index is 13.5. The monoisotopic (exact) mass is 473 g/mol. The summed E-state index contributed by atoms with van der Waals surface area (Å²) in [6, 6.07) is 5.16. The second kappa shape index (κ2) is 8.12. The van der Waals surface area contributed by atoms with E-state index >= 15 is 0 Å². The maximum Gasteiger partial charge on any atom is 0.251 e. The minimum absolute atomic E-state index is 0.223. The second-order valence-electron chi connectivity index (χ2n) is 9.08. The van der Waals surface area contributed by atoms with E-state index in [4.69, 9.17) is 14.2 Å². The van der Waals surface area contributed by atoms with Gasteiger partial charge in [-0.3, -0.25) is 14.4 Å². The number of benzene rings is 1. The molecule has 0 saturated carbocycles. The van der Waals surface area contributed by atoms with Crippen LogP contribution in [0.1, 0.15) is 37.0 Å². The highest BCUT2D eigenvalue weighted by molar-refractivity contribution is 7.22. The number of hydrogen-bond acceptors (Lipinski definition) is 8. The molecule has 33 heavy (non-hydrogen) atoms. The van der Waals surface area contributed by atoms with Gasteiger partial charge in [0.15, 0.2) is 5.13 Å². The van der Waals surface area contributed by atoms with Crippen molar-refractivity contribution < 1.29 is 28.6 Å². The number of ether oxygens (including phenoxy) is 3. The smallest absolute Gasteiger partial charge is 0.251 e. The van der Waals surface area contributed by atoms with Crippen molar-refractivity contribution >= 4 is 44.4 Å². The van der Waals surface area contributed by atoms with Crippen molar-refractivity contribution in [3.05, 3.63) is 23.8 Å². The first-order chi connectivity index (χ1) is 15.8. The van der Waals surface area contributed by atoms with Gasteiger partial charge in [0, 0.05) is 19.2 Å². The van der Waals surface area contributed by atoms with Gasteiger partial charge in [0.05, 0.1) is 53.1 Å². The Hall–Kier alpha value is -2.40. The highest BCUT2D eigenvalue weighted by Crippen LogP contribution is 2.64. The Morgan fingerprint density at radius 2 is 1.88 bits per heavy atom. The number of amides is 3. The minimum atomic E-state index is -0.874. The van der Waals surface area contributed by atoms with Crippen LogP contribution < -0.4 is 10.2 Å². The van der Waals surface area contributed by atoms with E-state index in [1.807, 2.05) is 13.8 Å². The molecule has 1 aromatic heterocycles. The highest BCUT2D eigenvalue weighted by atomic mass is 32.1. The molecular weight excluding hydrogens is 446 g/mol. The van der Waals surface area contributed by atoms with E-state index in [0.717, 1.165) is 17.5 Å². The standard InChI is InChI=1S/C23H27N3O6S/c1-22-16-6-7-17(32-16)23(22,2)20(29)26(19(22)28)21-25-14-5-4-13(12-15(14)33-21)18(27)24-8-9-31-11-10-30-3/h4-5,12,16-17H,6-11H2,1-3H3,(H,24,27)/t16-,17+,22+,23-. The number of hydrogen-bond donors (Lipinski definition) is 1. The van der Waals surface area contributed by atoms with Crippen molar-refractivity contribution in [3.8, 4) is 0 Å². The van der Waals surface area contributed by atoms with E-state index in [1.54, 1.807) is 25.3 Å². The molecule has 3 aliphatic heterocycles. The Labute approximate surface area is 195 Å². The van der Waals surface area contributed by atoms with Gasteiger partial charge in [-0.25, -0.2) is 9.88 Å². The maximum atomic E-state index is 13.5. The van der Waals surface area contributed by atoms with Gasteiger partial charge in [-0.05, 0) is 44.9 Å². The lowest BCUT2D eigenvalue weighted by molar-refractivity contribution is -0.132. The molecule has 0 unspecified atom stereocenters. The van der Waals surface area contributed by atoms with Crippen molar-refractivity contribution in [2.75, 3.05) is 38.4 Å². The average Bonchev–Trinajstić information content (AvgIpc) is 3.53. The molecule has 1 N–H and O–H groups in total. The molecule has 3 aliphatic rings. The topological polar surface area (TPSA) is 107 Å². The molecule has 2 aromatic rings. The summed E-state index contributed by atoms with van der Waals surface area (Å²) in [5, 5.41) is 3.16. The fraction of sp³-hybridized carbons (Fsp3) is 0.565. The van der Waals surface area contributed by atoms with Crippen LogP contribution in [-0.4, -0.2) is 68.4 Å². The summed E-state index contributed by atoms with van der Waals surface area (Å²) in [7, 11) is 1.60. The number of methoxy groups -OCH3 is 1. The van der Waals surface area contributed by atoms with Crippen molar-refractivity contribution in [3.63, 3.8) is 0 Å². The number of fused-ring (bicyclic) bond motifs is 6. The Morgan fingerprint density at radius 1 is 1.18 bits per heavy atom. The molecule has 4 atom stereocenters. The number of imide groups is 1. The van der Waals surface area contributed by atoms with Crippen LogP contribution in [0.3, 0.4) is 0 Å². The summed E-state index contributed by atoms with van der Waals surface area (Å²) >= 11 is 1.24. The normalized spacial score (nSPS) is 30.5. The van der Waals surface area contributed by atoms with Gasteiger partial charge in [-0.1, -0.05) is 11.3 Å². The van der Waals surface area contributed by atoms with Gasteiger partial charge in [-0.15, -0.1) is 0 Å². The Morgan fingerprint density at radius 3 is 2.55 bits per heavy atom. The molecule has 4 heterocycles. The summed E-state index contributed by atoms with van der Waals surface area (Å²) in [5.41, 5.74) is -0.625. The first-order valence-corrected chi connectivity index (χ1v) is 11.9. The van der Waals surface area contributed by atoms with Crippen LogP contribution in [0, 0.1) is 10.8 Å². The number of thiazole rings is 1. The number of carbonyl (C=O) groups excluding carboxylic acids is 3. The van der Waals surface area contributed by atoms with Crippen molar-refractivity contribution in [2.45, 2.75) is 38.9 Å². The summed E-state index contributed by atoms with van der Waals surface area (Å²) in [4.78, 5) is 45.3. The summed E-state index contributed by atoms with van der Waals surface area (Å²) in [5.74, 6) is -0.709. The van der Waals surface area contributed by atoms with Gasteiger partial charge in [0.25, 0.3) is 5.91 Å². The lowest BCUT2D eigenvalue weighted by Gasteiger charge is -2.36. The van der Waals surface area contributed by atoms with E-state index in [2.05, 4.69) is 10.3 Å². The van der Waals surface area contributed by atoms with E-state index in [9.17, 15) is 14.4 Å². The summed E-state index contributed by atoms with van der Waals surface area (Å²) in [6.07, 6.45) is 1.10. The SMILES string of the molecule is COCCOCCNC(=O)c1ccc2nc(N3C(=O)[C@@]4(C)[C@@H]5CC[C@@H](O5)[C@@]4(C)C3=O)sc2c1. The molecule has 0 aliphatic carbocycles. The first-order valence-electron chi connectivity index (χ1n) is 11.1. The predicted octanol–water partition coefficient (Wildman–Crippen LogP) is 2.14. The van der Waals surface area contributed by atoms with Crippen molar-refractivity contribution in [2.24, 2.45) is 10.8 Å². The lowest BCUT2D eigenvalue weighted by atomic mass is 9.59. The van der Waals surface area contributed by atoms with Crippen LogP contribution >= 0.6 is 11.3 Å². The van der Waals surface area contributed by atoms with E-state index in [1.165, 1.54) is 16.2 Å². The number of nitrogens with zero attached hydrogens (tertiary/aromatic N) is 2. The largest absolute Gasteiger partial charge is 0.382 e. The van der Waals surface area contributed by atoms with Gasteiger partial charge in [0.1, 0.15) is 0 Å². The molecule has 0 radical (unpaired) electrons. The number of nitrogens with one attached hydrogen (secondary N) is 1. The molecule has 2 bridgehead atoms. The molecule has 5 rings (SSSR count). The minimum Gasteiger partial charge on any atom is -0.382 e. The lowest BCUT2D eigenvalue weighted by Crippen LogP contribution is -2.48. The predicted molar refractivity (Wildman–Crippen MR) is 121 cm³/mol. The molecule has 1 aromatic carbocycles. The average molecular weight is 474 g/mol. The third-order valence-electron chi connectivity index (χ3n) is 7.48. The van der Waals surface area contributed by atoms with Crippen molar-refractivity contribution in [1.29, 1.82) is 0 Å². The van der Waals surface area contributed by atoms with Crippen LogP contribution in [0.2, 0.25) is 0 Å². The highest BCUT2D eigenvalue weighted by Gasteiger charge is 2.77. The van der Waals surface area contributed by atoms with Gasteiger partial charge >= 0.3 is 0 Å². The molecule has 9 nitrogen and oxygen atoms in total. The van der Waals surface area contributed by atoms with Crippen LogP contribution in [0.5, 0.6) is 0 Å². The summed E-state index contributed by atoms with van der Waals surface area (Å²) in [6.45, 7) is 5.46. The fourth-order valence-electron chi connectivity index (χ4n) is 5.34. The molecule has 0 spiro atoms.